The van der Waals surface area contributed by atoms with Crippen LogP contribution in [0.5, 0.6) is 0 Å². The van der Waals surface area contributed by atoms with Crippen molar-refractivity contribution in [2.75, 3.05) is 17.5 Å². The number of aliphatic hydroxyl groups excluding tert-OH is 3. The fourth-order valence-electron chi connectivity index (χ4n) is 1.80. The Morgan fingerprint density at radius 1 is 0.917 bits per heavy atom. The van der Waals surface area contributed by atoms with Gasteiger partial charge in [0.15, 0.2) is 0 Å². The Hall–Kier alpha value is -2.74. The van der Waals surface area contributed by atoms with Gasteiger partial charge in [0.05, 0.1) is 24.2 Å². The van der Waals surface area contributed by atoms with Crippen LogP contribution < -0.4 is 10.9 Å². The average molecular weight is 328 g/mol. The van der Waals surface area contributed by atoms with Gasteiger partial charge in [-0.05, 0) is 24.3 Å². The zero-order valence-corrected chi connectivity index (χ0v) is 12.9. The van der Waals surface area contributed by atoms with E-state index in [9.17, 15) is 10.2 Å². The molecular weight excluding hydrogens is 308 g/mol. The van der Waals surface area contributed by atoms with Gasteiger partial charge in [0, 0.05) is 0 Å². The quantitative estimate of drug-likeness (QED) is 0.370. The van der Waals surface area contributed by atoms with E-state index in [-0.39, 0.29) is 5.71 Å². The number of hydrogen-bond donors (Lipinski definition) is 5. The molecular formula is C17H20N4O3. The highest BCUT2D eigenvalue weighted by Crippen LogP contribution is 2.06. The van der Waals surface area contributed by atoms with Gasteiger partial charge < -0.3 is 15.3 Å². The molecule has 0 radical (unpaired) electrons. The number of aliphatic hydroxyl groups is 3. The Kier molecular flexibility index (Phi) is 6.91. The zero-order valence-electron chi connectivity index (χ0n) is 12.9. The number of para-hydroxylation sites is 2. The van der Waals surface area contributed by atoms with Gasteiger partial charge in [-0.25, -0.2) is 0 Å². The van der Waals surface area contributed by atoms with E-state index in [0.29, 0.717) is 5.69 Å². The molecule has 0 unspecified atom stereocenters. The van der Waals surface area contributed by atoms with Crippen molar-refractivity contribution >= 4 is 23.3 Å². The molecule has 0 aliphatic carbocycles. The molecule has 5 N–H and O–H groups in total. The van der Waals surface area contributed by atoms with E-state index in [0.717, 1.165) is 5.69 Å². The summed E-state index contributed by atoms with van der Waals surface area (Å²) in [5.74, 6) is 0. The molecule has 0 fully saturated rings. The Bertz CT molecular complexity index is 662. The number of nitrogens with zero attached hydrogens (tertiary/aromatic N) is 2. The minimum atomic E-state index is -1.38. The van der Waals surface area contributed by atoms with Crippen molar-refractivity contribution < 1.29 is 15.3 Å². The monoisotopic (exact) mass is 328 g/mol. The summed E-state index contributed by atoms with van der Waals surface area (Å²) in [7, 11) is 0. The number of hydrazone groups is 2. The number of anilines is 2. The summed E-state index contributed by atoms with van der Waals surface area (Å²) in [6, 6.07) is 18.4. The van der Waals surface area contributed by atoms with Crippen LogP contribution in [0.4, 0.5) is 11.4 Å². The lowest BCUT2D eigenvalue weighted by atomic mass is 10.1. The van der Waals surface area contributed by atoms with Crippen LogP contribution in [-0.4, -0.2) is 46.1 Å². The third-order valence-electron chi connectivity index (χ3n) is 3.11. The first-order chi connectivity index (χ1) is 11.7. The zero-order chi connectivity index (χ0) is 17.2. The maximum Gasteiger partial charge on any atom is 0.127 e. The van der Waals surface area contributed by atoms with Gasteiger partial charge in [0.2, 0.25) is 0 Å². The molecule has 0 spiro atoms. The molecule has 0 aliphatic heterocycles. The standard InChI is InChI=1S/C17H20N4O3/c22-12-16(23)17(24)15(21-20-14-9-5-2-6-10-14)11-18-19-13-7-3-1-4-8-13/h1-11,16-17,19-20,22-24H,12H2/t16-,17-/m1/s1. The number of rotatable bonds is 8. The molecule has 7 heteroatoms. The van der Waals surface area contributed by atoms with E-state index in [4.69, 9.17) is 5.11 Å². The summed E-state index contributed by atoms with van der Waals surface area (Å²) in [4.78, 5) is 0. The van der Waals surface area contributed by atoms with Crippen molar-refractivity contribution in [3.63, 3.8) is 0 Å². The molecule has 0 aromatic heterocycles. The number of nitrogens with one attached hydrogen (secondary N) is 2. The lowest BCUT2D eigenvalue weighted by Gasteiger charge is -2.15. The molecule has 0 aliphatic rings. The van der Waals surface area contributed by atoms with Crippen molar-refractivity contribution in [2.45, 2.75) is 12.2 Å². The molecule has 2 aromatic rings. The maximum absolute atomic E-state index is 10.1. The molecule has 0 saturated carbocycles. The Morgan fingerprint density at radius 2 is 1.46 bits per heavy atom. The SMILES string of the molecule is OC[C@@H](O)[C@H](O)C(C=NNc1ccccc1)=NNc1ccccc1. The van der Waals surface area contributed by atoms with Crippen LogP contribution in [0, 0.1) is 0 Å². The predicted molar refractivity (Wildman–Crippen MR) is 95.2 cm³/mol. The van der Waals surface area contributed by atoms with Crippen molar-refractivity contribution in [1.29, 1.82) is 0 Å². The average Bonchev–Trinajstić information content (AvgIpc) is 2.65. The van der Waals surface area contributed by atoms with E-state index in [1.807, 2.05) is 48.5 Å². The minimum absolute atomic E-state index is 0.0730. The second-order valence-corrected chi connectivity index (χ2v) is 4.95. The van der Waals surface area contributed by atoms with Crippen molar-refractivity contribution in [2.24, 2.45) is 10.2 Å². The van der Waals surface area contributed by atoms with Crippen LogP contribution in [0.1, 0.15) is 0 Å². The summed E-state index contributed by atoms with van der Waals surface area (Å²) in [6.07, 6.45) is -1.45. The highest BCUT2D eigenvalue weighted by Gasteiger charge is 2.20. The number of hydrogen-bond acceptors (Lipinski definition) is 7. The molecule has 2 atom stereocenters. The Balaban J connectivity index is 2.10. The molecule has 24 heavy (non-hydrogen) atoms. The molecule has 0 saturated heterocycles. The van der Waals surface area contributed by atoms with Crippen LogP contribution in [0.15, 0.2) is 70.9 Å². The lowest BCUT2D eigenvalue weighted by Crippen LogP contribution is -2.37. The Morgan fingerprint density at radius 3 is 2.00 bits per heavy atom. The van der Waals surface area contributed by atoms with Gasteiger partial charge in [0.25, 0.3) is 0 Å². The molecule has 2 aromatic carbocycles. The first-order valence-electron chi connectivity index (χ1n) is 7.40. The van der Waals surface area contributed by atoms with Crippen LogP contribution in [0.3, 0.4) is 0 Å². The molecule has 0 bridgehead atoms. The normalized spacial score (nSPS) is 14.4. The van der Waals surface area contributed by atoms with Gasteiger partial charge in [-0.15, -0.1) is 0 Å². The van der Waals surface area contributed by atoms with Gasteiger partial charge >= 0.3 is 0 Å². The smallest absolute Gasteiger partial charge is 0.127 e. The molecule has 2 rings (SSSR count). The number of benzene rings is 2. The fraction of sp³-hybridized carbons (Fsp3) is 0.176. The van der Waals surface area contributed by atoms with Gasteiger partial charge in [-0.2, -0.15) is 10.2 Å². The summed E-state index contributed by atoms with van der Waals surface area (Å²) in [5.41, 5.74) is 7.11. The first-order valence-corrected chi connectivity index (χ1v) is 7.40. The van der Waals surface area contributed by atoms with Crippen molar-refractivity contribution in [3.8, 4) is 0 Å². The van der Waals surface area contributed by atoms with E-state index in [1.165, 1.54) is 6.21 Å². The van der Waals surface area contributed by atoms with Gasteiger partial charge in [-0.3, -0.25) is 10.9 Å². The van der Waals surface area contributed by atoms with Crippen LogP contribution in [0.2, 0.25) is 0 Å². The van der Waals surface area contributed by atoms with Crippen LogP contribution in [0.25, 0.3) is 0 Å². The lowest BCUT2D eigenvalue weighted by molar-refractivity contribution is 0.0193. The second-order valence-electron chi connectivity index (χ2n) is 4.95. The second kappa shape index (κ2) is 9.41. The van der Waals surface area contributed by atoms with Crippen molar-refractivity contribution in [1.82, 2.24) is 0 Å². The maximum atomic E-state index is 10.1. The summed E-state index contributed by atoms with van der Waals surface area (Å²) < 4.78 is 0. The Labute approximate surface area is 140 Å². The summed E-state index contributed by atoms with van der Waals surface area (Å²) in [5, 5.41) is 36.7. The first kappa shape index (κ1) is 17.6. The third kappa shape index (κ3) is 5.47. The van der Waals surface area contributed by atoms with Crippen LogP contribution >= 0.6 is 0 Å². The van der Waals surface area contributed by atoms with Gasteiger partial charge in [-0.1, -0.05) is 36.4 Å². The highest BCUT2D eigenvalue weighted by molar-refractivity contribution is 6.33. The van der Waals surface area contributed by atoms with E-state index < -0.39 is 18.8 Å². The minimum Gasteiger partial charge on any atom is -0.394 e. The summed E-state index contributed by atoms with van der Waals surface area (Å²) in [6.45, 7) is -0.592. The van der Waals surface area contributed by atoms with Crippen LogP contribution in [-0.2, 0) is 0 Å². The highest BCUT2D eigenvalue weighted by atomic mass is 16.4. The van der Waals surface area contributed by atoms with E-state index in [1.54, 1.807) is 12.1 Å². The molecule has 7 nitrogen and oxygen atoms in total. The molecule has 126 valence electrons. The third-order valence-corrected chi connectivity index (χ3v) is 3.11. The topological polar surface area (TPSA) is 109 Å². The fourth-order valence-corrected chi connectivity index (χ4v) is 1.80. The molecule has 0 heterocycles. The molecule has 0 amide bonds. The van der Waals surface area contributed by atoms with E-state index >= 15 is 0 Å². The van der Waals surface area contributed by atoms with Gasteiger partial charge in [0.1, 0.15) is 17.9 Å². The summed E-state index contributed by atoms with van der Waals surface area (Å²) >= 11 is 0. The largest absolute Gasteiger partial charge is 0.394 e. The van der Waals surface area contributed by atoms with E-state index in [2.05, 4.69) is 21.1 Å². The van der Waals surface area contributed by atoms with Crippen molar-refractivity contribution in [3.05, 3.63) is 60.7 Å². The predicted octanol–water partition coefficient (Wildman–Crippen LogP) is 1.27.